The third-order valence-electron chi connectivity index (χ3n) is 3.21. The second-order valence-corrected chi connectivity index (χ2v) is 4.70. The molecule has 0 unspecified atom stereocenters. The number of aryl methyl sites for hydroxylation is 1. The zero-order valence-electron chi connectivity index (χ0n) is 11.9. The molecule has 1 heterocycles. The molecule has 1 aromatic rings. The van der Waals surface area contributed by atoms with Crippen LogP contribution in [0.15, 0.2) is 23.3 Å². The molecule has 0 spiro atoms. The number of anilines is 2. The zero-order valence-corrected chi connectivity index (χ0v) is 11.9. The Labute approximate surface area is 123 Å². The second kappa shape index (κ2) is 6.72. The van der Waals surface area contributed by atoms with E-state index >= 15 is 0 Å². The van der Waals surface area contributed by atoms with Gasteiger partial charge in [-0.25, -0.2) is 0 Å². The van der Waals surface area contributed by atoms with E-state index < -0.39 is 0 Å². The highest BCUT2D eigenvalue weighted by atomic mass is 16.5. The van der Waals surface area contributed by atoms with Crippen molar-refractivity contribution in [3.63, 3.8) is 0 Å². The van der Waals surface area contributed by atoms with Crippen LogP contribution in [0.5, 0.6) is 0 Å². The van der Waals surface area contributed by atoms with Gasteiger partial charge in [-0.1, -0.05) is 0 Å². The summed E-state index contributed by atoms with van der Waals surface area (Å²) < 4.78 is 5.35. The first-order valence-electron chi connectivity index (χ1n) is 6.63. The number of hydrogen-bond donors (Lipinski definition) is 3. The standard InChI is InChI=1S/C14H18N6O/c1-10-8-11(18-19-12(9-15)14(16)17)2-3-13(10)20-4-6-21-7-5-20/h2-3,8,18H,4-7H2,1H3,(H3,16,17)/b19-12+. The van der Waals surface area contributed by atoms with Gasteiger partial charge in [0.15, 0.2) is 5.84 Å². The van der Waals surface area contributed by atoms with E-state index in [1.807, 2.05) is 25.1 Å². The van der Waals surface area contributed by atoms with Gasteiger partial charge in [0.25, 0.3) is 0 Å². The Bertz CT molecular complexity index is 598. The maximum Gasteiger partial charge on any atom is 0.201 e. The molecule has 0 bridgehead atoms. The van der Waals surface area contributed by atoms with E-state index in [0.29, 0.717) is 0 Å². The number of nitrogens with two attached hydrogens (primary N) is 1. The van der Waals surface area contributed by atoms with Crippen LogP contribution < -0.4 is 16.1 Å². The molecule has 0 aliphatic carbocycles. The van der Waals surface area contributed by atoms with Crippen LogP contribution in [0.3, 0.4) is 0 Å². The fourth-order valence-corrected chi connectivity index (χ4v) is 2.15. The number of hydrazone groups is 1. The molecule has 1 aliphatic heterocycles. The first-order valence-corrected chi connectivity index (χ1v) is 6.63. The summed E-state index contributed by atoms with van der Waals surface area (Å²) in [6.07, 6.45) is 0. The number of benzene rings is 1. The van der Waals surface area contributed by atoms with E-state index in [1.165, 1.54) is 5.69 Å². The molecule has 7 heteroatoms. The first kappa shape index (κ1) is 14.8. The lowest BCUT2D eigenvalue weighted by Gasteiger charge is -2.30. The monoisotopic (exact) mass is 286 g/mol. The zero-order chi connectivity index (χ0) is 15.2. The predicted octanol–water partition coefficient (Wildman–Crippen LogP) is 1.06. The number of nitriles is 1. The van der Waals surface area contributed by atoms with Crippen molar-refractivity contribution in [1.29, 1.82) is 10.7 Å². The quantitative estimate of drug-likeness (QED) is 0.435. The van der Waals surface area contributed by atoms with E-state index in [1.54, 1.807) is 6.07 Å². The summed E-state index contributed by atoms with van der Waals surface area (Å²) >= 11 is 0. The molecule has 110 valence electrons. The summed E-state index contributed by atoms with van der Waals surface area (Å²) in [5, 5.41) is 19.8. The Balaban J connectivity index is 2.12. The number of ether oxygens (including phenoxy) is 1. The van der Waals surface area contributed by atoms with Crippen molar-refractivity contribution in [3.05, 3.63) is 23.8 Å². The molecule has 0 saturated carbocycles. The Morgan fingerprint density at radius 1 is 1.48 bits per heavy atom. The maximum absolute atomic E-state index is 8.78. The Morgan fingerprint density at radius 3 is 2.76 bits per heavy atom. The Morgan fingerprint density at radius 2 is 2.19 bits per heavy atom. The average Bonchev–Trinajstić information content (AvgIpc) is 2.48. The van der Waals surface area contributed by atoms with Crippen LogP contribution >= 0.6 is 0 Å². The Kier molecular flexibility index (Phi) is 4.74. The topological polar surface area (TPSA) is 111 Å². The summed E-state index contributed by atoms with van der Waals surface area (Å²) in [6, 6.07) is 7.61. The molecule has 0 aromatic heterocycles. The second-order valence-electron chi connectivity index (χ2n) is 4.70. The van der Waals surface area contributed by atoms with Crippen molar-refractivity contribution in [2.75, 3.05) is 36.6 Å². The smallest absolute Gasteiger partial charge is 0.201 e. The molecule has 1 aliphatic rings. The summed E-state index contributed by atoms with van der Waals surface area (Å²) in [7, 11) is 0. The lowest BCUT2D eigenvalue weighted by molar-refractivity contribution is 0.122. The minimum absolute atomic E-state index is 0.134. The summed E-state index contributed by atoms with van der Waals surface area (Å²) in [5.74, 6) is -0.355. The molecular weight excluding hydrogens is 268 g/mol. The van der Waals surface area contributed by atoms with Gasteiger partial charge in [0.05, 0.1) is 18.9 Å². The van der Waals surface area contributed by atoms with Crippen molar-refractivity contribution in [2.45, 2.75) is 6.92 Å². The van der Waals surface area contributed by atoms with Crippen molar-refractivity contribution in [1.82, 2.24) is 0 Å². The van der Waals surface area contributed by atoms with E-state index in [-0.39, 0.29) is 11.5 Å². The number of hydrogen-bond acceptors (Lipinski definition) is 6. The SMILES string of the molecule is Cc1cc(N/N=C(\C#N)C(=N)N)ccc1N1CCOCC1. The highest BCUT2D eigenvalue weighted by Crippen LogP contribution is 2.24. The molecule has 0 amide bonds. The van der Waals surface area contributed by atoms with Gasteiger partial charge in [-0.2, -0.15) is 10.4 Å². The van der Waals surface area contributed by atoms with Crippen molar-refractivity contribution < 1.29 is 4.74 Å². The van der Waals surface area contributed by atoms with E-state index in [4.69, 9.17) is 21.1 Å². The van der Waals surface area contributed by atoms with Gasteiger partial charge < -0.3 is 15.4 Å². The predicted molar refractivity (Wildman–Crippen MR) is 82.8 cm³/mol. The molecule has 2 rings (SSSR count). The van der Waals surface area contributed by atoms with Gasteiger partial charge in [-0.3, -0.25) is 10.8 Å². The average molecular weight is 286 g/mol. The van der Waals surface area contributed by atoms with Crippen LogP contribution in [0.25, 0.3) is 0 Å². The van der Waals surface area contributed by atoms with Gasteiger partial charge in [-0.15, -0.1) is 0 Å². The molecule has 4 N–H and O–H groups in total. The van der Waals surface area contributed by atoms with Crippen LogP contribution in [0.2, 0.25) is 0 Å². The molecule has 7 nitrogen and oxygen atoms in total. The lowest BCUT2D eigenvalue weighted by atomic mass is 10.1. The normalized spacial score (nSPS) is 15.4. The number of nitrogens with one attached hydrogen (secondary N) is 2. The van der Waals surface area contributed by atoms with Crippen molar-refractivity contribution in [2.24, 2.45) is 10.8 Å². The van der Waals surface area contributed by atoms with Gasteiger partial charge >= 0.3 is 0 Å². The molecule has 1 fully saturated rings. The van der Waals surface area contributed by atoms with E-state index in [0.717, 1.165) is 37.6 Å². The van der Waals surface area contributed by atoms with Crippen LogP contribution in [0.4, 0.5) is 11.4 Å². The highest BCUT2D eigenvalue weighted by Gasteiger charge is 2.13. The van der Waals surface area contributed by atoms with Crippen molar-refractivity contribution in [3.8, 4) is 6.07 Å². The number of rotatable bonds is 4. The first-order chi connectivity index (χ1) is 10.1. The third kappa shape index (κ3) is 3.70. The maximum atomic E-state index is 8.78. The largest absolute Gasteiger partial charge is 0.382 e. The number of morpholine rings is 1. The molecule has 1 saturated heterocycles. The van der Waals surface area contributed by atoms with E-state index in [2.05, 4.69) is 15.4 Å². The van der Waals surface area contributed by atoms with Gasteiger partial charge in [0.1, 0.15) is 6.07 Å². The Hall–Kier alpha value is -2.59. The number of nitrogens with zero attached hydrogens (tertiary/aromatic N) is 3. The van der Waals surface area contributed by atoms with Crippen LogP contribution in [-0.4, -0.2) is 37.9 Å². The van der Waals surface area contributed by atoms with Gasteiger partial charge in [0, 0.05) is 18.8 Å². The molecule has 1 aromatic carbocycles. The van der Waals surface area contributed by atoms with Gasteiger partial charge in [-0.05, 0) is 30.7 Å². The van der Waals surface area contributed by atoms with Crippen LogP contribution in [-0.2, 0) is 4.74 Å². The molecular formula is C14H18N6O. The minimum atomic E-state index is -0.355. The van der Waals surface area contributed by atoms with Crippen molar-refractivity contribution >= 4 is 22.9 Å². The molecule has 0 radical (unpaired) electrons. The fraction of sp³-hybridized carbons (Fsp3) is 0.357. The fourth-order valence-electron chi connectivity index (χ4n) is 2.15. The molecule has 21 heavy (non-hydrogen) atoms. The third-order valence-corrected chi connectivity index (χ3v) is 3.21. The summed E-state index contributed by atoms with van der Waals surface area (Å²) in [4.78, 5) is 2.28. The lowest BCUT2D eigenvalue weighted by Crippen LogP contribution is -2.36. The van der Waals surface area contributed by atoms with E-state index in [9.17, 15) is 0 Å². The molecule has 0 atom stereocenters. The van der Waals surface area contributed by atoms with Crippen LogP contribution in [0.1, 0.15) is 5.56 Å². The number of amidine groups is 1. The summed E-state index contributed by atoms with van der Waals surface area (Å²) in [5.41, 5.74) is 10.9. The van der Waals surface area contributed by atoms with Gasteiger partial charge in [0.2, 0.25) is 5.71 Å². The minimum Gasteiger partial charge on any atom is -0.382 e. The highest BCUT2D eigenvalue weighted by molar-refractivity contribution is 6.45. The summed E-state index contributed by atoms with van der Waals surface area (Å²) in [6.45, 7) is 5.28. The van der Waals surface area contributed by atoms with Crippen LogP contribution in [0, 0.1) is 23.7 Å².